The predicted molar refractivity (Wildman–Crippen MR) is 81.5 cm³/mol. The van der Waals surface area contributed by atoms with Crippen molar-refractivity contribution in [3.8, 4) is 0 Å². The minimum absolute atomic E-state index is 0.718. The fourth-order valence-corrected chi connectivity index (χ4v) is 2.40. The number of hydrazine groups is 1. The smallest absolute Gasteiger partial charge is 0.189 e. The number of benzene rings is 2. The molecule has 1 N–H and O–H groups in total. The summed E-state index contributed by atoms with van der Waals surface area (Å²) in [6, 6.07) is 20.6. The fraction of sp³-hybridized carbons (Fsp3) is 0.133. The van der Waals surface area contributed by atoms with Crippen LogP contribution in [0.5, 0.6) is 0 Å². The van der Waals surface area contributed by atoms with E-state index in [0.29, 0.717) is 0 Å². The first-order chi connectivity index (χ1) is 9.34. The first kappa shape index (κ1) is 12.0. The van der Waals surface area contributed by atoms with E-state index in [1.54, 1.807) is 0 Å². The van der Waals surface area contributed by atoms with Crippen LogP contribution < -0.4 is 10.3 Å². The zero-order valence-corrected chi connectivity index (χ0v) is 11.3. The van der Waals surface area contributed by atoms with Crippen molar-refractivity contribution in [2.75, 3.05) is 11.7 Å². The van der Waals surface area contributed by atoms with Crippen molar-refractivity contribution in [1.29, 1.82) is 0 Å². The lowest BCUT2D eigenvalue weighted by molar-refractivity contribution is 0.419. The third-order valence-electron chi connectivity index (χ3n) is 3.14. The third kappa shape index (κ3) is 2.53. The highest BCUT2D eigenvalue weighted by Crippen LogP contribution is 2.20. The molecule has 4 heteroatoms. The van der Waals surface area contributed by atoms with Gasteiger partial charge in [0.05, 0.1) is 12.2 Å². The average Bonchev–Trinajstić information content (AvgIpc) is 2.82. The maximum absolute atomic E-state index is 5.39. The molecular formula is C15H15N3S. The number of thiocarbonyl (C=S) groups is 1. The van der Waals surface area contributed by atoms with Crippen LogP contribution in [-0.4, -0.2) is 16.8 Å². The van der Waals surface area contributed by atoms with Crippen LogP contribution in [0.1, 0.15) is 5.56 Å². The number of anilines is 1. The summed E-state index contributed by atoms with van der Waals surface area (Å²) in [4.78, 5) is 0. The van der Waals surface area contributed by atoms with Crippen LogP contribution in [0.3, 0.4) is 0 Å². The van der Waals surface area contributed by atoms with Gasteiger partial charge in [-0.1, -0.05) is 48.5 Å². The quantitative estimate of drug-likeness (QED) is 0.863. The highest BCUT2D eigenvalue weighted by Gasteiger charge is 2.25. The molecule has 0 bridgehead atoms. The van der Waals surface area contributed by atoms with Gasteiger partial charge in [-0.3, -0.25) is 10.0 Å². The van der Waals surface area contributed by atoms with Crippen molar-refractivity contribution >= 4 is 23.0 Å². The standard InChI is InChI=1S/C15H15N3S/c19-15-16-12-18(14-9-5-2-6-10-14)17(15)11-13-7-3-1-4-8-13/h1-10H,11-12H2,(H,16,19). The minimum Gasteiger partial charge on any atom is -0.342 e. The summed E-state index contributed by atoms with van der Waals surface area (Å²) in [7, 11) is 0. The molecule has 1 heterocycles. The van der Waals surface area contributed by atoms with Crippen molar-refractivity contribution < 1.29 is 0 Å². The van der Waals surface area contributed by atoms with Gasteiger partial charge in [0.2, 0.25) is 0 Å². The highest BCUT2D eigenvalue weighted by molar-refractivity contribution is 7.80. The molecular weight excluding hydrogens is 254 g/mol. The SMILES string of the molecule is S=C1NCN(c2ccccc2)N1Cc1ccccc1. The Labute approximate surface area is 118 Å². The highest BCUT2D eigenvalue weighted by atomic mass is 32.1. The van der Waals surface area contributed by atoms with Crippen LogP contribution in [0.2, 0.25) is 0 Å². The monoisotopic (exact) mass is 269 g/mol. The van der Waals surface area contributed by atoms with Gasteiger partial charge in [-0.15, -0.1) is 0 Å². The van der Waals surface area contributed by atoms with Gasteiger partial charge in [0.25, 0.3) is 0 Å². The third-order valence-corrected chi connectivity index (χ3v) is 3.49. The predicted octanol–water partition coefficient (Wildman–Crippen LogP) is 2.76. The van der Waals surface area contributed by atoms with Gasteiger partial charge in [-0.2, -0.15) is 0 Å². The molecule has 3 rings (SSSR count). The summed E-state index contributed by atoms with van der Waals surface area (Å²) < 4.78 is 0. The number of hydrogen-bond acceptors (Lipinski definition) is 2. The van der Waals surface area contributed by atoms with Gasteiger partial charge in [0, 0.05) is 0 Å². The first-order valence-electron chi connectivity index (χ1n) is 6.26. The van der Waals surface area contributed by atoms with Crippen LogP contribution in [0.15, 0.2) is 60.7 Å². The molecule has 1 fully saturated rings. The van der Waals surface area contributed by atoms with Gasteiger partial charge in [-0.25, -0.2) is 0 Å². The van der Waals surface area contributed by atoms with Crippen molar-refractivity contribution in [3.63, 3.8) is 0 Å². The van der Waals surface area contributed by atoms with Crippen LogP contribution in [0.4, 0.5) is 5.69 Å². The zero-order valence-electron chi connectivity index (χ0n) is 10.5. The van der Waals surface area contributed by atoms with E-state index in [2.05, 4.69) is 51.7 Å². The number of hydrogen-bond donors (Lipinski definition) is 1. The van der Waals surface area contributed by atoms with Crippen LogP contribution in [0, 0.1) is 0 Å². The Hall–Kier alpha value is -2.07. The molecule has 96 valence electrons. The van der Waals surface area contributed by atoms with Gasteiger partial charge >= 0.3 is 0 Å². The van der Waals surface area contributed by atoms with Gasteiger partial charge in [-0.05, 0) is 29.9 Å². The van der Waals surface area contributed by atoms with E-state index >= 15 is 0 Å². The van der Waals surface area contributed by atoms with E-state index in [9.17, 15) is 0 Å². The molecule has 0 saturated carbocycles. The number of nitrogens with one attached hydrogen (secondary N) is 1. The Morgan fingerprint density at radius 1 is 0.947 bits per heavy atom. The molecule has 2 aromatic rings. The van der Waals surface area contributed by atoms with Crippen molar-refractivity contribution in [2.24, 2.45) is 0 Å². The summed E-state index contributed by atoms with van der Waals surface area (Å²) in [6.07, 6.45) is 0. The summed E-state index contributed by atoms with van der Waals surface area (Å²) >= 11 is 5.39. The second-order valence-electron chi connectivity index (χ2n) is 4.42. The molecule has 0 aromatic heterocycles. The van der Waals surface area contributed by atoms with E-state index in [1.807, 2.05) is 24.3 Å². The van der Waals surface area contributed by atoms with Crippen LogP contribution >= 0.6 is 12.2 Å². The lowest BCUT2D eigenvalue weighted by Gasteiger charge is -2.29. The molecule has 19 heavy (non-hydrogen) atoms. The van der Waals surface area contributed by atoms with Gasteiger partial charge in [0.15, 0.2) is 5.11 Å². The Morgan fingerprint density at radius 3 is 2.26 bits per heavy atom. The summed E-state index contributed by atoms with van der Waals surface area (Å²) in [5.41, 5.74) is 2.39. The summed E-state index contributed by atoms with van der Waals surface area (Å²) in [6.45, 7) is 1.50. The van der Waals surface area contributed by atoms with E-state index in [0.717, 1.165) is 24.0 Å². The zero-order chi connectivity index (χ0) is 13.1. The maximum Gasteiger partial charge on any atom is 0.189 e. The lowest BCUT2D eigenvalue weighted by Crippen LogP contribution is -2.38. The molecule has 1 saturated heterocycles. The van der Waals surface area contributed by atoms with Gasteiger partial charge < -0.3 is 5.32 Å². The lowest BCUT2D eigenvalue weighted by atomic mass is 10.2. The van der Waals surface area contributed by atoms with Crippen molar-refractivity contribution in [3.05, 3.63) is 66.2 Å². The normalized spacial score (nSPS) is 14.6. The second-order valence-corrected chi connectivity index (χ2v) is 4.81. The molecule has 0 atom stereocenters. The first-order valence-corrected chi connectivity index (χ1v) is 6.67. The topological polar surface area (TPSA) is 18.5 Å². The Bertz CT molecular complexity index is 556. The van der Waals surface area contributed by atoms with Crippen LogP contribution in [-0.2, 0) is 6.54 Å². The van der Waals surface area contributed by atoms with E-state index < -0.39 is 0 Å². The molecule has 0 radical (unpaired) electrons. The molecule has 0 spiro atoms. The summed E-state index contributed by atoms with van der Waals surface area (Å²) in [5, 5.41) is 8.25. The maximum atomic E-state index is 5.39. The van der Waals surface area contributed by atoms with Crippen molar-refractivity contribution in [2.45, 2.75) is 6.54 Å². The number of rotatable bonds is 3. The Balaban J connectivity index is 1.83. The Kier molecular flexibility index (Phi) is 3.33. The Morgan fingerprint density at radius 2 is 1.58 bits per heavy atom. The van der Waals surface area contributed by atoms with Crippen LogP contribution in [0.25, 0.3) is 0 Å². The van der Waals surface area contributed by atoms with E-state index in [4.69, 9.17) is 12.2 Å². The molecule has 0 aliphatic carbocycles. The minimum atomic E-state index is 0.718. The molecule has 1 aliphatic rings. The van der Waals surface area contributed by atoms with E-state index in [1.165, 1.54) is 5.56 Å². The largest absolute Gasteiger partial charge is 0.342 e. The molecule has 1 aliphatic heterocycles. The fourth-order valence-electron chi connectivity index (χ4n) is 2.17. The van der Waals surface area contributed by atoms with E-state index in [-0.39, 0.29) is 0 Å². The molecule has 0 amide bonds. The number of para-hydroxylation sites is 1. The summed E-state index contributed by atoms with van der Waals surface area (Å²) in [5.74, 6) is 0. The molecule has 0 unspecified atom stereocenters. The average molecular weight is 269 g/mol. The molecule has 3 nitrogen and oxygen atoms in total. The second kappa shape index (κ2) is 5.28. The van der Waals surface area contributed by atoms with Gasteiger partial charge in [0.1, 0.15) is 6.67 Å². The van der Waals surface area contributed by atoms with Crippen molar-refractivity contribution in [1.82, 2.24) is 10.3 Å². The molecule has 2 aromatic carbocycles. The number of nitrogens with zero attached hydrogens (tertiary/aromatic N) is 2.